The van der Waals surface area contributed by atoms with Gasteiger partial charge in [0.1, 0.15) is 0 Å². The molecule has 0 radical (unpaired) electrons. The summed E-state index contributed by atoms with van der Waals surface area (Å²) in [5, 5.41) is 0. The predicted molar refractivity (Wildman–Crippen MR) is 66.0 cm³/mol. The van der Waals surface area contributed by atoms with Crippen LogP contribution in [0.5, 0.6) is 0 Å². The molecule has 88 valence electrons. The Labute approximate surface area is 145 Å². The molecule has 0 aromatic rings. The van der Waals surface area contributed by atoms with Gasteiger partial charge in [-0.3, -0.25) is 9.59 Å². The van der Waals surface area contributed by atoms with Crippen molar-refractivity contribution in [2.45, 2.75) is 19.8 Å². The zero-order chi connectivity index (χ0) is 11.8. The number of ether oxygens (including phenoxy) is 2. The molecule has 17 heavy (non-hydrogen) atoms. The zero-order valence-electron chi connectivity index (χ0n) is 8.82. The van der Waals surface area contributed by atoms with Crippen LogP contribution < -0.4 is 0 Å². The van der Waals surface area contributed by atoms with E-state index in [4.69, 9.17) is 0 Å². The summed E-state index contributed by atoms with van der Waals surface area (Å²) in [6, 6.07) is 0. The minimum absolute atomic E-state index is 0. The van der Waals surface area contributed by atoms with Crippen molar-refractivity contribution < 1.29 is 23.9 Å². The summed E-state index contributed by atoms with van der Waals surface area (Å²) in [7, 11) is 1.17. The van der Waals surface area contributed by atoms with Crippen LogP contribution in [0.2, 0.25) is 0 Å². The molecule has 0 saturated heterocycles. The summed E-state index contributed by atoms with van der Waals surface area (Å²) >= 11 is 0. The summed E-state index contributed by atoms with van der Waals surface area (Å²) in [4.78, 5) is 33.2. The van der Waals surface area contributed by atoms with Gasteiger partial charge in [0.05, 0.1) is 7.11 Å². The molecule has 0 bridgehead atoms. The van der Waals surface area contributed by atoms with Crippen LogP contribution in [0.4, 0.5) is 0 Å². The van der Waals surface area contributed by atoms with Crippen LogP contribution in [0.15, 0.2) is 12.7 Å². The molecular formula is C10H16Na2O5. The predicted octanol–water partition coefficient (Wildman–Crippen LogP) is -0.466. The second kappa shape index (κ2) is 12.8. The van der Waals surface area contributed by atoms with E-state index < -0.39 is 23.8 Å². The van der Waals surface area contributed by atoms with E-state index in [1.807, 2.05) is 0 Å². The Morgan fingerprint density at radius 3 is 2.12 bits per heavy atom. The van der Waals surface area contributed by atoms with Gasteiger partial charge in [-0.05, 0) is 6.42 Å². The van der Waals surface area contributed by atoms with Crippen molar-refractivity contribution in [1.29, 1.82) is 0 Å². The summed E-state index contributed by atoms with van der Waals surface area (Å²) < 4.78 is 8.76. The number of methoxy groups -OCH3 is 1. The summed E-state index contributed by atoms with van der Waals surface area (Å²) in [6.07, 6.45) is 1.76. The molecule has 5 nitrogen and oxygen atoms in total. The molecule has 0 fully saturated rings. The van der Waals surface area contributed by atoms with Crippen LogP contribution >= 0.6 is 0 Å². The van der Waals surface area contributed by atoms with Crippen molar-refractivity contribution >= 4 is 77.0 Å². The van der Waals surface area contributed by atoms with Gasteiger partial charge in [-0.25, -0.2) is 4.79 Å². The van der Waals surface area contributed by atoms with Gasteiger partial charge in [0.15, 0.2) is 5.92 Å². The summed E-state index contributed by atoms with van der Waals surface area (Å²) in [6.45, 7) is 4.95. The van der Waals surface area contributed by atoms with Crippen LogP contribution in [-0.4, -0.2) is 84.1 Å². The Hall–Kier alpha value is 0.350. The first kappa shape index (κ1) is 22.5. The third-order valence-electron chi connectivity index (χ3n) is 1.72. The quantitative estimate of drug-likeness (QED) is 0.290. The minimum atomic E-state index is -1.04. The fourth-order valence-corrected chi connectivity index (χ4v) is 0.975. The van der Waals surface area contributed by atoms with Crippen molar-refractivity contribution in [2.75, 3.05) is 7.11 Å². The Morgan fingerprint density at radius 1 is 1.24 bits per heavy atom. The molecular weight excluding hydrogens is 246 g/mol. The average molecular weight is 262 g/mol. The van der Waals surface area contributed by atoms with E-state index in [1.54, 1.807) is 6.92 Å². The molecule has 0 aromatic heterocycles. The topological polar surface area (TPSA) is 69.7 Å². The van der Waals surface area contributed by atoms with E-state index >= 15 is 0 Å². The van der Waals surface area contributed by atoms with Crippen LogP contribution in [0.1, 0.15) is 19.8 Å². The van der Waals surface area contributed by atoms with Crippen LogP contribution in [0, 0.1) is 5.92 Å². The molecule has 0 rings (SSSR count). The number of carbonyl (C=O) groups is 3. The first-order valence-corrected chi connectivity index (χ1v) is 4.52. The second-order valence-electron chi connectivity index (χ2n) is 2.81. The van der Waals surface area contributed by atoms with Crippen molar-refractivity contribution in [3.05, 3.63) is 12.7 Å². The maximum atomic E-state index is 11.3. The van der Waals surface area contributed by atoms with Gasteiger partial charge in [-0.1, -0.05) is 19.9 Å². The molecule has 0 aliphatic rings. The van der Waals surface area contributed by atoms with Crippen LogP contribution in [0.25, 0.3) is 0 Å². The van der Waals surface area contributed by atoms with Crippen LogP contribution in [0.3, 0.4) is 0 Å². The van der Waals surface area contributed by atoms with E-state index in [2.05, 4.69) is 16.1 Å². The van der Waals surface area contributed by atoms with Crippen molar-refractivity contribution in [3.63, 3.8) is 0 Å². The van der Waals surface area contributed by atoms with E-state index in [9.17, 15) is 14.4 Å². The molecule has 0 aliphatic heterocycles. The first-order valence-electron chi connectivity index (χ1n) is 4.52. The summed E-state index contributed by atoms with van der Waals surface area (Å²) in [5.74, 6) is -3.50. The van der Waals surface area contributed by atoms with Crippen molar-refractivity contribution in [2.24, 2.45) is 5.92 Å². The van der Waals surface area contributed by atoms with Gasteiger partial charge < -0.3 is 9.47 Å². The molecule has 0 saturated carbocycles. The molecule has 0 N–H and O–H groups in total. The third-order valence-corrected chi connectivity index (χ3v) is 1.72. The normalized spacial score (nSPS) is 10.0. The van der Waals surface area contributed by atoms with Gasteiger partial charge in [-0.15, -0.1) is 0 Å². The van der Waals surface area contributed by atoms with Gasteiger partial charge in [0.25, 0.3) is 0 Å². The van der Waals surface area contributed by atoms with E-state index in [0.717, 1.165) is 6.08 Å². The average Bonchev–Trinajstić information content (AvgIpc) is 2.24. The van der Waals surface area contributed by atoms with Crippen LogP contribution in [-0.2, 0) is 23.9 Å². The molecule has 0 aromatic carbocycles. The fraction of sp³-hybridized carbons (Fsp3) is 0.500. The Bertz CT molecular complexity index is 278. The maximum absolute atomic E-state index is 11.3. The van der Waals surface area contributed by atoms with Crippen molar-refractivity contribution in [1.82, 2.24) is 0 Å². The first-order chi connectivity index (χ1) is 7.06. The molecule has 7 heteroatoms. The Balaban J connectivity index is -0.000000980. The second-order valence-corrected chi connectivity index (χ2v) is 2.81. The van der Waals surface area contributed by atoms with Gasteiger partial charge in [-0.2, -0.15) is 0 Å². The van der Waals surface area contributed by atoms with Crippen molar-refractivity contribution in [3.8, 4) is 0 Å². The summed E-state index contributed by atoms with van der Waals surface area (Å²) in [5.41, 5.74) is 0. The molecule has 0 aliphatic carbocycles. The Kier molecular flexibility index (Phi) is 17.0. The SMILES string of the molecule is C=CC(=O)OC(=O)C(CCC)C(=O)OC.[NaH].[NaH]. The number of esters is 3. The molecule has 1 unspecified atom stereocenters. The molecule has 0 spiro atoms. The fourth-order valence-electron chi connectivity index (χ4n) is 0.975. The third kappa shape index (κ3) is 8.99. The van der Waals surface area contributed by atoms with E-state index in [1.165, 1.54) is 7.11 Å². The molecule has 0 amide bonds. The number of hydrogen-bond donors (Lipinski definition) is 0. The number of rotatable bonds is 5. The van der Waals surface area contributed by atoms with Gasteiger partial charge in [0.2, 0.25) is 0 Å². The van der Waals surface area contributed by atoms with Gasteiger partial charge >= 0.3 is 77.0 Å². The zero-order valence-corrected chi connectivity index (χ0v) is 8.82. The van der Waals surface area contributed by atoms with E-state index in [0.29, 0.717) is 6.42 Å². The number of carbonyl (C=O) groups excluding carboxylic acids is 3. The standard InChI is InChI=1S/C10H14O5.2Na.2H/c1-4-6-7(9(12)14-3)10(13)15-8(11)5-2;;;;/h5,7H,2,4,6H2,1,3H3;;;;. The Morgan fingerprint density at radius 2 is 1.76 bits per heavy atom. The monoisotopic (exact) mass is 262 g/mol. The van der Waals surface area contributed by atoms with E-state index in [-0.39, 0.29) is 65.5 Å². The van der Waals surface area contributed by atoms with Gasteiger partial charge in [0, 0.05) is 6.08 Å². The molecule has 1 atom stereocenters. The number of hydrogen-bond acceptors (Lipinski definition) is 5. The molecule has 0 heterocycles.